The van der Waals surface area contributed by atoms with Crippen LogP contribution in [0, 0.1) is 0 Å². The van der Waals surface area contributed by atoms with Crippen molar-refractivity contribution in [2.45, 2.75) is 6.54 Å². The van der Waals surface area contributed by atoms with Crippen molar-refractivity contribution >= 4 is 11.8 Å². The molecule has 2 amide bonds. The van der Waals surface area contributed by atoms with Gasteiger partial charge in [-0.3, -0.25) is 9.59 Å². The number of hydrogen-bond donors (Lipinski definition) is 0. The Morgan fingerprint density at radius 1 is 0.778 bits per heavy atom. The first-order chi connectivity index (χ1) is 13.2. The molecule has 2 aliphatic rings. The van der Waals surface area contributed by atoms with Crippen molar-refractivity contribution in [1.29, 1.82) is 0 Å². The molecule has 2 aliphatic heterocycles. The predicted molar refractivity (Wildman–Crippen MR) is 99.8 cm³/mol. The Balaban J connectivity index is 1.56. The second-order valence-electron chi connectivity index (χ2n) is 6.67. The Hall–Kier alpha value is -2.86. The first kappa shape index (κ1) is 17.5. The van der Waals surface area contributed by atoms with Gasteiger partial charge in [-0.25, -0.2) is 0 Å². The molecule has 0 spiro atoms. The number of rotatable bonds is 2. The number of nitrogens with zero attached hydrogens (tertiary/aromatic N) is 2. The molecular formula is C21H22N2O4. The average Bonchev–Trinajstić information content (AvgIpc) is 2.95. The van der Waals surface area contributed by atoms with E-state index in [1.54, 1.807) is 15.9 Å². The van der Waals surface area contributed by atoms with Gasteiger partial charge in [0.2, 0.25) is 0 Å². The molecule has 0 N–H and O–H groups in total. The average molecular weight is 366 g/mol. The normalized spacial score (nSPS) is 16.9. The van der Waals surface area contributed by atoms with E-state index in [-0.39, 0.29) is 11.8 Å². The number of morpholine rings is 1. The standard InChI is InChI=1S/C21H22N2O4/c24-20(16-4-2-1-3-5-16)23-10-13-27-19-7-6-17(14-18(19)15-23)21(25)22-8-11-26-12-9-22/h1-7,14H,8-13,15H2. The molecule has 0 radical (unpaired) electrons. The van der Waals surface area contributed by atoms with Crippen LogP contribution < -0.4 is 4.74 Å². The molecule has 1 saturated heterocycles. The summed E-state index contributed by atoms with van der Waals surface area (Å²) in [5, 5.41) is 0. The van der Waals surface area contributed by atoms with Crippen LogP contribution in [-0.4, -0.2) is 61.1 Å². The Morgan fingerprint density at radius 3 is 2.26 bits per heavy atom. The fourth-order valence-corrected chi connectivity index (χ4v) is 3.41. The van der Waals surface area contributed by atoms with Gasteiger partial charge in [-0.1, -0.05) is 18.2 Å². The van der Waals surface area contributed by atoms with Crippen molar-refractivity contribution in [3.63, 3.8) is 0 Å². The number of hydrogen-bond acceptors (Lipinski definition) is 4. The van der Waals surface area contributed by atoms with E-state index in [4.69, 9.17) is 9.47 Å². The fraction of sp³-hybridized carbons (Fsp3) is 0.333. The van der Waals surface area contributed by atoms with Crippen LogP contribution in [0.5, 0.6) is 5.75 Å². The van der Waals surface area contributed by atoms with Crippen LogP contribution in [0.1, 0.15) is 26.3 Å². The Labute approximate surface area is 158 Å². The number of fused-ring (bicyclic) bond motifs is 1. The van der Waals surface area contributed by atoms with E-state index in [1.165, 1.54) is 0 Å². The topological polar surface area (TPSA) is 59.1 Å². The first-order valence-electron chi connectivity index (χ1n) is 9.19. The summed E-state index contributed by atoms with van der Waals surface area (Å²) < 4.78 is 11.1. The highest BCUT2D eigenvalue weighted by atomic mass is 16.5. The number of amides is 2. The summed E-state index contributed by atoms with van der Waals surface area (Å²) in [6, 6.07) is 14.7. The lowest BCUT2D eigenvalue weighted by Crippen LogP contribution is -2.40. The molecular weight excluding hydrogens is 344 g/mol. The lowest BCUT2D eigenvalue weighted by atomic mass is 10.1. The summed E-state index contributed by atoms with van der Waals surface area (Å²) in [6.45, 7) is 3.71. The summed E-state index contributed by atoms with van der Waals surface area (Å²) in [5.41, 5.74) is 2.13. The van der Waals surface area contributed by atoms with E-state index >= 15 is 0 Å². The maximum absolute atomic E-state index is 12.8. The molecule has 0 aromatic heterocycles. The summed E-state index contributed by atoms with van der Waals surface area (Å²) in [6.07, 6.45) is 0. The quantitative estimate of drug-likeness (QED) is 0.818. The van der Waals surface area contributed by atoms with Gasteiger partial charge in [-0.05, 0) is 30.3 Å². The molecule has 1 fully saturated rings. The van der Waals surface area contributed by atoms with Gasteiger partial charge in [0.05, 0.1) is 19.8 Å². The highest BCUT2D eigenvalue weighted by Gasteiger charge is 2.24. The highest BCUT2D eigenvalue weighted by molar-refractivity contribution is 5.95. The SMILES string of the molecule is O=C(c1ccc2c(c1)CN(C(=O)c1ccccc1)CCO2)N1CCOCC1. The predicted octanol–water partition coefficient (Wildman–Crippen LogP) is 2.19. The van der Waals surface area contributed by atoms with Crippen molar-refractivity contribution in [3.05, 3.63) is 65.2 Å². The molecule has 0 atom stereocenters. The number of carbonyl (C=O) groups is 2. The van der Waals surface area contributed by atoms with Crippen LogP contribution >= 0.6 is 0 Å². The summed E-state index contributed by atoms with van der Waals surface area (Å²) in [5.74, 6) is 0.695. The molecule has 27 heavy (non-hydrogen) atoms. The van der Waals surface area contributed by atoms with Crippen molar-refractivity contribution in [3.8, 4) is 5.75 Å². The lowest BCUT2D eigenvalue weighted by molar-refractivity contribution is 0.0303. The van der Waals surface area contributed by atoms with Gasteiger partial charge >= 0.3 is 0 Å². The van der Waals surface area contributed by atoms with Crippen LogP contribution in [0.2, 0.25) is 0 Å². The van der Waals surface area contributed by atoms with Crippen molar-refractivity contribution < 1.29 is 19.1 Å². The molecule has 2 aromatic carbocycles. The monoisotopic (exact) mass is 366 g/mol. The number of ether oxygens (including phenoxy) is 2. The molecule has 2 aromatic rings. The first-order valence-corrected chi connectivity index (χ1v) is 9.19. The summed E-state index contributed by atoms with van der Waals surface area (Å²) in [7, 11) is 0. The zero-order chi connectivity index (χ0) is 18.6. The third-order valence-corrected chi connectivity index (χ3v) is 4.89. The maximum Gasteiger partial charge on any atom is 0.254 e. The van der Waals surface area contributed by atoms with Crippen LogP contribution in [-0.2, 0) is 11.3 Å². The second-order valence-corrected chi connectivity index (χ2v) is 6.67. The minimum absolute atomic E-state index is 0.00807. The van der Waals surface area contributed by atoms with E-state index in [9.17, 15) is 9.59 Å². The molecule has 4 rings (SSSR count). The highest BCUT2D eigenvalue weighted by Crippen LogP contribution is 2.26. The fourth-order valence-electron chi connectivity index (χ4n) is 3.41. The van der Waals surface area contributed by atoms with Crippen LogP contribution in [0.15, 0.2) is 48.5 Å². The largest absolute Gasteiger partial charge is 0.491 e. The van der Waals surface area contributed by atoms with Crippen molar-refractivity contribution in [1.82, 2.24) is 9.80 Å². The van der Waals surface area contributed by atoms with Gasteiger partial charge in [0, 0.05) is 36.3 Å². The number of benzene rings is 2. The zero-order valence-electron chi connectivity index (χ0n) is 15.1. The van der Waals surface area contributed by atoms with Gasteiger partial charge in [-0.15, -0.1) is 0 Å². The number of carbonyl (C=O) groups excluding carboxylic acids is 2. The molecule has 6 nitrogen and oxygen atoms in total. The van der Waals surface area contributed by atoms with Gasteiger partial charge in [-0.2, -0.15) is 0 Å². The minimum Gasteiger partial charge on any atom is -0.491 e. The smallest absolute Gasteiger partial charge is 0.254 e. The zero-order valence-corrected chi connectivity index (χ0v) is 15.1. The van der Waals surface area contributed by atoms with E-state index in [0.717, 1.165) is 11.3 Å². The summed E-state index contributed by atoms with van der Waals surface area (Å²) in [4.78, 5) is 29.1. The third-order valence-electron chi connectivity index (χ3n) is 4.89. The Morgan fingerprint density at radius 2 is 1.48 bits per heavy atom. The molecule has 0 aliphatic carbocycles. The van der Waals surface area contributed by atoms with Gasteiger partial charge < -0.3 is 19.3 Å². The minimum atomic E-state index is -0.0306. The second kappa shape index (κ2) is 7.80. The molecule has 2 heterocycles. The molecule has 0 bridgehead atoms. The lowest BCUT2D eigenvalue weighted by Gasteiger charge is -2.27. The van der Waals surface area contributed by atoms with Gasteiger partial charge in [0.15, 0.2) is 0 Å². The Kier molecular flexibility index (Phi) is 5.07. The molecule has 6 heteroatoms. The van der Waals surface area contributed by atoms with Crippen molar-refractivity contribution in [2.24, 2.45) is 0 Å². The third kappa shape index (κ3) is 3.80. The van der Waals surface area contributed by atoms with E-state index in [2.05, 4.69) is 0 Å². The molecule has 140 valence electrons. The molecule has 0 saturated carbocycles. The summed E-state index contributed by atoms with van der Waals surface area (Å²) >= 11 is 0. The maximum atomic E-state index is 12.8. The van der Waals surface area contributed by atoms with Gasteiger partial charge in [0.1, 0.15) is 12.4 Å². The van der Waals surface area contributed by atoms with Crippen LogP contribution in [0.4, 0.5) is 0 Å². The molecule has 0 unspecified atom stereocenters. The van der Waals surface area contributed by atoms with Crippen LogP contribution in [0.3, 0.4) is 0 Å². The van der Waals surface area contributed by atoms with Crippen molar-refractivity contribution in [2.75, 3.05) is 39.5 Å². The Bertz CT molecular complexity index is 831. The van der Waals surface area contributed by atoms with E-state index in [1.807, 2.05) is 42.5 Å². The van der Waals surface area contributed by atoms with E-state index < -0.39 is 0 Å². The van der Waals surface area contributed by atoms with Crippen LogP contribution in [0.25, 0.3) is 0 Å². The van der Waals surface area contributed by atoms with E-state index in [0.29, 0.717) is 57.1 Å². The van der Waals surface area contributed by atoms with Gasteiger partial charge in [0.25, 0.3) is 11.8 Å².